The van der Waals surface area contributed by atoms with Crippen LogP contribution in [0.1, 0.15) is 10.5 Å². The van der Waals surface area contributed by atoms with Crippen molar-refractivity contribution in [3.8, 4) is 11.5 Å². The molecule has 1 aromatic carbocycles. The molecule has 0 saturated carbocycles. The van der Waals surface area contributed by atoms with Crippen molar-refractivity contribution in [2.75, 3.05) is 0 Å². The molecule has 2 heterocycles. The Morgan fingerprint density at radius 1 is 1.45 bits per heavy atom. The van der Waals surface area contributed by atoms with Crippen LogP contribution in [0.5, 0.6) is 0 Å². The fourth-order valence-corrected chi connectivity index (χ4v) is 2.51. The number of ketones is 1. The summed E-state index contributed by atoms with van der Waals surface area (Å²) < 4.78 is 5.92. The molecule has 5 nitrogen and oxygen atoms in total. The van der Waals surface area contributed by atoms with Crippen molar-refractivity contribution < 1.29 is 14.0 Å². The summed E-state index contributed by atoms with van der Waals surface area (Å²) in [4.78, 5) is 29.5. The zero-order valence-corrected chi connectivity index (χ0v) is 12.2. The van der Waals surface area contributed by atoms with Crippen LogP contribution in [0.4, 0.5) is 0 Å². The van der Waals surface area contributed by atoms with Gasteiger partial charge in [0.25, 0.3) is 0 Å². The van der Waals surface area contributed by atoms with E-state index in [1.807, 2.05) is 0 Å². The minimum atomic E-state index is -0.679. The molecule has 100 valence electrons. The molecule has 0 aliphatic rings. The van der Waals surface area contributed by atoms with Crippen molar-refractivity contribution in [2.24, 2.45) is 0 Å². The summed E-state index contributed by atoms with van der Waals surface area (Å²) in [6.07, 6.45) is 3.10. The number of nitrogens with zero attached hydrogens (tertiary/aromatic N) is 1. The van der Waals surface area contributed by atoms with Crippen molar-refractivity contribution >= 4 is 50.5 Å². The summed E-state index contributed by atoms with van der Waals surface area (Å²) in [5, 5.41) is 1.14. The number of fused-ring (bicyclic) bond motifs is 1. The summed E-state index contributed by atoms with van der Waals surface area (Å²) in [5.74, 6) is -0.429. The van der Waals surface area contributed by atoms with Crippen LogP contribution in [0.2, 0.25) is 5.02 Å². The number of carbonyl (C=O) groups is 2. The lowest BCUT2D eigenvalue weighted by Gasteiger charge is -1.98. The number of carbonyl (C=O) groups excluding carboxylic acids is 2. The number of oxazole rings is 1. The summed E-state index contributed by atoms with van der Waals surface area (Å²) in [6, 6.07) is 3.41. The molecule has 0 spiro atoms. The van der Waals surface area contributed by atoms with E-state index >= 15 is 0 Å². The number of aromatic amines is 1. The standard InChI is InChI=1S/C13H6BrClN2O3/c14-7-4-9-6(3-8(7)15)11(13-16-1-2-20-13)12(17-9)10(19)5-18/h1-5,17H. The molecule has 3 aromatic rings. The summed E-state index contributed by atoms with van der Waals surface area (Å²) >= 11 is 9.39. The Balaban J connectivity index is 2.41. The average Bonchev–Trinajstić information content (AvgIpc) is 3.05. The highest BCUT2D eigenvalue weighted by Crippen LogP contribution is 2.36. The quantitative estimate of drug-likeness (QED) is 0.443. The first-order valence-electron chi connectivity index (χ1n) is 5.52. The molecule has 0 radical (unpaired) electrons. The lowest BCUT2D eigenvalue weighted by Crippen LogP contribution is -2.02. The first-order valence-corrected chi connectivity index (χ1v) is 6.69. The van der Waals surface area contributed by atoms with Gasteiger partial charge in [0.05, 0.1) is 16.8 Å². The van der Waals surface area contributed by atoms with E-state index in [1.165, 1.54) is 12.5 Å². The van der Waals surface area contributed by atoms with E-state index in [-0.39, 0.29) is 17.9 Å². The number of hydrogen-bond acceptors (Lipinski definition) is 4. The summed E-state index contributed by atoms with van der Waals surface area (Å²) in [6.45, 7) is 0. The van der Waals surface area contributed by atoms with E-state index in [9.17, 15) is 9.59 Å². The number of H-pyrrole nitrogens is 1. The Kier molecular flexibility index (Phi) is 3.19. The van der Waals surface area contributed by atoms with Crippen LogP contribution < -0.4 is 0 Å². The highest BCUT2D eigenvalue weighted by molar-refractivity contribution is 9.10. The number of Topliss-reactive ketones (excluding diaryl/α,β-unsaturated/α-hetero) is 1. The number of rotatable bonds is 3. The first kappa shape index (κ1) is 13.1. The monoisotopic (exact) mass is 352 g/mol. The summed E-state index contributed by atoms with van der Waals surface area (Å²) in [5.41, 5.74) is 1.21. The second-order valence-electron chi connectivity index (χ2n) is 4.01. The molecule has 0 aliphatic carbocycles. The van der Waals surface area contributed by atoms with Crippen LogP contribution in [0.15, 0.2) is 33.5 Å². The third-order valence-corrected chi connectivity index (χ3v) is 4.04. The smallest absolute Gasteiger partial charge is 0.242 e. The molecule has 20 heavy (non-hydrogen) atoms. The van der Waals surface area contributed by atoms with Crippen molar-refractivity contribution in [1.29, 1.82) is 0 Å². The molecule has 2 aromatic heterocycles. The number of halogens is 2. The van der Waals surface area contributed by atoms with Gasteiger partial charge in [-0.2, -0.15) is 0 Å². The summed E-state index contributed by atoms with van der Waals surface area (Å²) in [7, 11) is 0. The lowest BCUT2D eigenvalue weighted by molar-refractivity contribution is -0.104. The van der Waals surface area contributed by atoms with Gasteiger partial charge in [-0.25, -0.2) is 4.98 Å². The Hall–Kier alpha value is -1.92. The van der Waals surface area contributed by atoms with Gasteiger partial charge in [-0.05, 0) is 28.1 Å². The largest absolute Gasteiger partial charge is 0.444 e. The maximum absolute atomic E-state index is 11.8. The van der Waals surface area contributed by atoms with Gasteiger partial charge in [-0.1, -0.05) is 11.6 Å². The third-order valence-electron chi connectivity index (χ3n) is 2.84. The zero-order valence-electron chi connectivity index (χ0n) is 9.81. The molecule has 0 amide bonds. The minimum absolute atomic E-state index is 0.131. The van der Waals surface area contributed by atoms with Gasteiger partial charge >= 0.3 is 0 Å². The Morgan fingerprint density at radius 2 is 2.25 bits per heavy atom. The van der Waals surface area contributed by atoms with Gasteiger partial charge < -0.3 is 9.40 Å². The van der Waals surface area contributed by atoms with Crippen LogP contribution in [0.3, 0.4) is 0 Å². The van der Waals surface area contributed by atoms with E-state index in [1.54, 1.807) is 12.1 Å². The van der Waals surface area contributed by atoms with Crippen molar-refractivity contribution in [2.45, 2.75) is 0 Å². The molecule has 0 atom stereocenters. The third kappa shape index (κ3) is 1.97. The van der Waals surface area contributed by atoms with E-state index in [0.717, 1.165) is 0 Å². The highest BCUT2D eigenvalue weighted by atomic mass is 79.9. The second kappa shape index (κ2) is 4.88. The highest BCUT2D eigenvalue weighted by Gasteiger charge is 2.22. The molecule has 0 aliphatic heterocycles. The Morgan fingerprint density at radius 3 is 2.90 bits per heavy atom. The maximum atomic E-state index is 11.8. The van der Waals surface area contributed by atoms with E-state index < -0.39 is 5.78 Å². The predicted octanol–water partition coefficient (Wildman–Crippen LogP) is 3.62. The molecule has 0 fully saturated rings. The Bertz CT molecular complexity index is 824. The van der Waals surface area contributed by atoms with Crippen LogP contribution in [-0.4, -0.2) is 22.0 Å². The molecule has 1 N–H and O–H groups in total. The van der Waals surface area contributed by atoms with Gasteiger partial charge in [0, 0.05) is 15.4 Å². The van der Waals surface area contributed by atoms with Crippen molar-refractivity contribution in [3.05, 3.63) is 39.8 Å². The predicted molar refractivity (Wildman–Crippen MR) is 76.9 cm³/mol. The molecule has 0 saturated heterocycles. The molecule has 7 heteroatoms. The van der Waals surface area contributed by atoms with Crippen LogP contribution in [0.25, 0.3) is 22.4 Å². The van der Waals surface area contributed by atoms with Gasteiger partial charge in [-0.15, -0.1) is 0 Å². The topological polar surface area (TPSA) is 76.0 Å². The minimum Gasteiger partial charge on any atom is -0.444 e. The molecule has 3 rings (SSSR count). The zero-order chi connectivity index (χ0) is 14.3. The number of hydrogen-bond donors (Lipinski definition) is 1. The second-order valence-corrected chi connectivity index (χ2v) is 5.27. The van der Waals surface area contributed by atoms with E-state index in [2.05, 4.69) is 25.9 Å². The molecule has 0 unspecified atom stereocenters. The van der Waals surface area contributed by atoms with Gasteiger partial charge in [0.15, 0.2) is 6.29 Å². The number of aldehydes is 1. The van der Waals surface area contributed by atoms with E-state index in [0.29, 0.717) is 26.0 Å². The van der Waals surface area contributed by atoms with Crippen molar-refractivity contribution in [3.63, 3.8) is 0 Å². The number of aromatic nitrogens is 2. The van der Waals surface area contributed by atoms with Crippen molar-refractivity contribution in [1.82, 2.24) is 9.97 Å². The maximum Gasteiger partial charge on any atom is 0.242 e. The normalized spacial score (nSPS) is 10.9. The van der Waals surface area contributed by atoms with Gasteiger partial charge in [0.1, 0.15) is 12.0 Å². The fourth-order valence-electron chi connectivity index (χ4n) is 2.00. The van der Waals surface area contributed by atoms with Gasteiger partial charge in [0.2, 0.25) is 11.7 Å². The fraction of sp³-hybridized carbons (Fsp3) is 0. The van der Waals surface area contributed by atoms with E-state index in [4.69, 9.17) is 16.0 Å². The SMILES string of the molecule is O=CC(=O)c1[nH]c2cc(Br)c(Cl)cc2c1-c1ncco1. The van der Waals surface area contributed by atoms with Crippen LogP contribution in [-0.2, 0) is 4.79 Å². The Labute approximate surface area is 126 Å². The lowest BCUT2D eigenvalue weighted by atomic mass is 10.1. The first-order chi connectivity index (χ1) is 9.61. The molecular weight excluding hydrogens is 348 g/mol. The molecule has 0 bridgehead atoms. The van der Waals surface area contributed by atoms with Crippen LogP contribution >= 0.6 is 27.5 Å². The number of nitrogens with one attached hydrogen (secondary N) is 1. The molecular formula is C13H6BrClN2O3. The van der Waals surface area contributed by atoms with Crippen LogP contribution in [0, 0.1) is 0 Å². The number of benzene rings is 1. The van der Waals surface area contributed by atoms with Gasteiger partial charge in [-0.3, -0.25) is 9.59 Å². The average molecular weight is 354 g/mol.